The molecule has 6 nitrogen and oxygen atoms in total. The average molecular weight is 408 g/mol. The number of methoxy groups -OCH3 is 1. The SMILES string of the molecule is CN=C(NCCc1ccc(OC)cc1)NCc1ccc(Oc2cccc(F)c2)nc1. The molecule has 0 saturated heterocycles. The van der Waals surface area contributed by atoms with Gasteiger partial charge in [-0.1, -0.05) is 24.3 Å². The maximum atomic E-state index is 13.2. The van der Waals surface area contributed by atoms with E-state index >= 15 is 0 Å². The minimum Gasteiger partial charge on any atom is -0.497 e. The summed E-state index contributed by atoms with van der Waals surface area (Å²) in [4.78, 5) is 8.51. The lowest BCUT2D eigenvalue weighted by Crippen LogP contribution is -2.37. The standard InChI is InChI=1S/C23H25FN4O2/c1-25-23(26-13-12-17-6-9-20(29-2)10-7-17)28-16-18-8-11-22(27-15-18)30-21-5-3-4-19(24)14-21/h3-11,14-15H,12-13,16H2,1-2H3,(H2,25,26,28). The Balaban J connectivity index is 1.43. The lowest BCUT2D eigenvalue weighted by molar-refractivity contribution is 0.414. The van der Waals surface area contributed by atoms with Crippen molar-refractivity contribution in [2.45, 2.75) is 13.0 Å². The average Bonchev–Trinajstić information content (AvgIpc) is 2.77. The van der Waals surface area contributed by atoms with Crippen molar-refractivity contribution < 1.29 is 13.9 Å². The highest BCUT2D eigenvalue weighted by Crippen LogP contribution is 2.20. The van der Waals surface area contributed by atoms with Crippen LogP contribution in [0.1, 0.15) is 11.1 Å². The van der Waals surface area contributed by atoms with Gasteiger partial charge in [-0.25, -0.2) is 9.37 Å². The van der Waals surface area contributed by atoms with Gasteiger partial charge >= 0.3 is 0 Å². The van der Waals surface area contributed by atoms with Gasteiger partial charge in [0.1, 0.15) is 17.3 Å². The predicted molar refractivity (Wildman–Crippen MR) is 116 cm³/mol. The summed E-state index contributed by atoms with van der Waals surface area (Å²) in [6.45, 7) is 1.32. The number of pyridine rings is 1. The molecule has 0 aliphatic heterocycles. The Bertz CT molecular complexity index is 960. The van der Waals surface area contributed by atoms with Crippen LogP contribution >= 0.6 is 0 Å². The van der Waals surface area contributed by atoms with Crippen LogP contribution in [0.5, 0.6) is 17.4 Å². The van der Waals surface area contributed by atoms with Gasteiger partial charge in [-0.15, -0.1) is 0 Å². The maximum absolute atomic E-state index is 13.2. The molecule has 0 atom stereocenters. The Labute approximate surface area is 175 Å². The topological polar surface area (TPSA) is 67.8 Å². The predicted octanol–water partition coefficient (Wildman–Crippen LogP) is 3.93. The highest BCUT2D eigenvalue weighted by atomic mass is 19.1. The van der Waals surface area contributed by atoms with E-state index in [2.05, 4.69) is 32.7 Å². The third-order valence-corrected chi connectivity index (χ3v) is 4.36. The van der Waals surface area contributed by atoms with E-state index in [0.717, 1.165) is 24.3 Å². The fourth-order valence-electron chi connectivity index (χ4n) is 2.75. The molecule has 0 spiro atoms. The zero-order valence-electron chi connectivity index (χ0n) is 17.1. The van der Waals surface area contributed by atoms with E-state index in [1.165, 1.54) is 17.7 Å². The molecule has 0 saturated carbocycles. The minimum atomic E-state index is -0.348. The van der Waals surface area contributed by atoms with Gasteiger partial charge in [0, 0.05) is 38.5 Å². The summed E-state index contributed by atoms with van der Waals surface area (Å²) in [5.74, 6) is 2.04. The van der Waals surface area contributed by atoms with Crippen LogP contribution in [-0.4, -0.2) is 31.6 Å². The number of rotatable bonds is 8. The molecule has 156 valence electrons. The van der Waals surface area contributed by atoms with Crippen LogP contribution in [-0.2, 0) is 13.0 Å². The van der Waals surface area contributed by atoms with E-state index in [1.54, 1.807) is 38.6 Å². The van der Waals surface area contributed by atoms with Gasteiger partial charge in [0.15, 0.2) is 5.96 Å². The summed E-state index contributed by atoms with van der Waals surface area (Å²) in [5, 5.41) is 6.55. The zero-order chi connectivity index (χ0) is 21.2. The molecule has 2 N–H and O–H groups in total. The molecule has 0 unspecified atom stereocenters. The van der Waals surface area contributed by atoms with Gasteiger partial charge in [-0.05, 0) is 41.8 Å². The molecular weight excluding hydrogens is 383 g/mol. The number of aliphatic imine (C=N–C) groups is 1. The molecule has 1 aromatic heterocycles. The van der Waals surface area contributed by atoms with Gasteiger partial charge in [0.2, 0.25) is 5.88 Å². The Hall–Kier alpha value is -3.61. The number of aromatic nitrogens is 1. The van der Waals surface area contributed by atoms with Crippen LogP contribution in [0.3, 0.4) is 0 Å². The van der Waals surface area contributed by atoms with Crippen molar-refractivity contribution in [2.75, 3.05) is 20.7 Å². The first kappa shape index (κ1) is 21.1. The number of ether oxygens (including phenoxy) is 2. The molecule has 0 aliphatic carbocycles. The first-order valence-corrected chi connectivity index (χ1v) is 9.62. The van der Waals surface area contributed by atoms with Crippen LogP contribution in [0.15, 0.2) is 71.9 Å². The van der Waals surface area contributed by atoms with E-state index in [9.17, 15) is 4.39 Å². The normalized spacial score (nSPS) is 11.1. The maximum Gasteiger partial charge on any atom is 0.219 e. The third kappa shape index (κ3) is 6.48. The summed E-state index contributed by atoms with van der Waals surface area (Å²) in [6.07, 6.45) is 2.59. The van der Waals surface area contributed by atoms with Crippen LogP contribution in [0.2, 0.25) is 0 Å². The molecule has 1 heterocycles. The Morgan fingerprint density at radius 1 is 1.00 bits per heavy atom. The van der Waals surface area contributed by atoms with Gasteiger partial charge < -0.3 is 20.1 Å². The monoisotopic (exact) mass is 408 g/mol. The van der Waals surface area contributed by atoms with Gasteiger partial charge in [0.25, 0.3) is 0 Å². The molecule has 3 rings (SSSR count). The molecule has 0 fully saturated rings. The molecule has 2 aromatic carbocycles. The van der Waals surface area contributed by atoms with Crippen LogP contribution in [0, 0.1) is 5.82 Å². The van der Waals surface area contributed by atoms with E-state index < -0.39 is 0 Å². The fraction of sp³-hybridized carbons (Fsp3) is 0.217. The van der Waals surface area contributed by atoms with Crippen molar-refractivity contribution in [3.8, 4) is 17.4 Å². The number of hydrogen-bond acceptors (Lipinski definition) is 4. The van der Waals surface area contributed by atoms with Crippen LogP contribution in [0.4, 0.5) is 4.39 Å². The highest BCUT2D eigenvalue weighted by molar-refractivity contribution is 5.79. The zero-order valence-corrected chi connectivity index (χ0v) is 17.1. The number of halogens is 1. The molecule has 30 heavy (non-hydrogen) atoms. The van der Waals surface area contributed by atoms with E-state index in [-0.39, 0.29) is 5.82 Å². The Morgan fingerprint density at radius 2 is 1.80 bits per heavy atom. The quantitative estimate of drug-likeness (QED) is 0.437. The molecule has 0 radical (unpaired) electrons. The fourth-order valence-corrected chi connectivity index (χ4v) is 2.75. The van der Waals surface area contributed by atoms with Crippen molar-refractivity contribution in [1.82, 2.24) is 15.6 Å². The highest BCUT2D eigenvalue weighted by Gasteiger charge is 2.03. The summed E-state index contributed by atoms with van der Waals surface area (Å²) in [7, 11) is 3.39. The molecule has 7 heteroatoms. The van der Waals surface area contributed by atoms with Crippen LogP contribution < -0.4 is 20.1 Å². The Morgan fingerprint density at radius 3 is 2.47 bits per heavy atom. The second-order valence-corrected chi connectivity index (χ2v) is 6.51. The number of nitrogens with zero attached hydrogens (tertiary/aromatic N) is 2. The van der Waals surface area contributed by atoms with E-state index in [1.807, 2.05) is 18.2 Å². The molecule has 3 aromatic rings. The first-order valence-electron chi connectivity index (χ1n) is 9.62. The van der Waals surface area contributed by atoms with Crippen molar-refractivity contribution in [1.29, 1.82) is 0 Å². The lowest BCUT2D eigenvalue weighted by atomic mass is 10.1. The largest absolute Gasteiger partial charge is 0.497 e. The Kier molecular flexibility index (Phi) is 7.60. The summed E-state index contributed by atoms with van der Waals surface area (Å²) >= 11 is 0. The number of hydrogen-bond donors (Lipinski definition) is 2. The minimum absolute atomic E-state index is 0.348. The lowest BCUT2D eigenvalue weighted by Gasteiger charge is -2.12. The van der Waals surface area contributed by atoms with Gasteiger partial charge in [-0.3, -0.25) is 4.99 Å². The molecule has 0 bridgehead atoms. The number of benzene rings is 2. The van der Waals surface area contributed by atoms with Gasteiger partial charge in [-0.2, -0.15) is 0 Å². The molecule has 0 amide bonds. The van der Waals surface area contributed by atoms with E-state index in [0.29, 0.717) is 24.1 Å². The van der Waals surface area contributed by atoms with Crippen molar-refractivity contribution >= 4 is 5.96 Å². The first-order chi connectivity index (χ1) is 14.7. The number of nitrogens with one attached hydrogen (secondary N) is 2. The smallest absolute Gasteiger partial charge is 0.219 e. The summed E-state index contributed by atoms with van der Waals surface area (Å²) in [5.41, 5.74) is 2.19. The summed E-state index contributed by atoms with van der Waals surface area (Å²) in [6, 6.07) is 17.6. The number of guanidine groups is 1. The summed E-state index contributed by atoms with van der Waals surface area (Å²) < 4.78 is 24.0. The van der Waals surface area contributed by atoms with Gasteiger partial charge in [0.05, 0.1) is 7.11 Å². The second kappa shape index (κ2) is 10.8. The second-order valence-electron chi connectivity index (χ2n) is 6.51. The molecular formula is C23H25FN4O2. The van der Waals surface area contributed by atoms with Crippen LogP contribution in [0.25, 0.3) is 0 Å². The van der Waals surface area contributed by atoms with Crippen molar-refractivity contribution in [2.24, 2.45) is 4.99 Å². The van der Waals surface area contributed by atoms with E-state index in [4.69, 9.17) is 9.47 Å². The molecule has 0 aliphatic rings. The van der Waals surface area contributed by atoms with Crippen molar-refractivity contribution in [3.05, 3.63) is 83.8 Å². The van der Waals surface area contributed by atoms with Crippen molar-refractivity contribution in [3.63, 3.8) is 0 Å². The third-order valence-electron chi connectivity index (χ3n) is 4.36.